The highest BCUT2D eigenvalue weighted by atomic mass is 32.2. The lowest BCUT2D eigenvalue weighted by atomic mass is 9.94. The zero-order valence-electron chi connectivity index (χ0n) is 19.9. The first-order valence-electron chi connectivity index (χ1n) is 12.3. The number of nitrogens with zero attached hydrogens (tertiary/aromatic N) is 3. The molecule has 0 aromatic heterocycles. The number of nitrogens with one attached hydrogen (secondary N) is 2. The number of methoxy groups -OCH3 is 1. The Kier molecular flexibility index (Phi) is 6.83. The molecule has 1 aromatic carbocycles. The van der Waals surface area contributed by atoms with Gasteiger partial charge in [0.1, 0.15) is 11.1 Å². The van der Waals surface area contributed by atoms with E-state index >= 15 is 0 Å². The fourth-order valence-electron chi connectivity index (χ4n) is 5.28. The molecule has 8 nitrogen and oxygen atoms in total. The number of amides is 2. The molecule has 4 aliphatic rings. The lowest BCUT2D eigenvalue weighted by molar-refractivity contribution is -0.112. The van der Waals surface area contributed by atoms with Crippen molar-refractivity contribution in [3.63, 3.8) is 0 Å². The largest absolute Gasteiger partial charge is 0.496 e. The van der Waals surface area contributed by atoms with Crippen LogP contribution in [0, 0.1) is 5.92 Å². The summed E-state index contributed by atoms with van der Waals surface area (Å²) in [6, 6.07) is 5.73. The molecular formula is C25H33N5O3S. The van der Waals surface area contributed by atoms with Gasteiger partial charge in [-0.1, -0.05) is 37.1 Å². The smallest absolute Gasteiger partial charge is 0.261 e. The van der Waals surface area contributed by atoms with E-state index in [0.717, 1.165) is 23.7 Å². The highest BCUT2D eigenvalue weighted by Gasteiger charge is 2.43. The molecule has 34 heavy (non-hydrogen) atoms. The first kappa shape index (κ1) is 23.2. The van der Waals surface area contributed by atoms with Crippen molar-refractivity contribution in [3.8, 4) is 5.75 Å². The summed E-state index contributed by atoms with van der Waals surface area (Å²) in [5.74, 6) is 0.480. The van der Waals surface area contributed by atoms with E-state index in [0.29, 0.717) is 36.1 Å². The van der Waals surface area contributed by atoms with Crippen molar-refractivity contribution in [2.75, 3.05) is 38.6 Å². The van der Waals surface area contributed by atoms with Crippen molar-refractivity contribution in [1.82, 2.24) is 15.2 Å². The highest BCUT2D eigenvalue weighted by Crippen LogP contribution is 2.45. The molecule has 5 rings (SSSR count). The van der Waals surface area contributed by atoms with E-state index in [1.165, 1.54) is 32.1 Å². The average Bonchev–Trinajstić information content (AvgIpc) is 3.45. The van der Waals surface area contributed by atoms with Gasteiger partial charge >= 0.3 is 0 Å². The maximum Gasteiger partial charge on any atom is 0.261 e. The molecule has 2 fully saturated rings. The second-order valence-electron chi connectivity index (χ2n) is 9.39. The van der Waals surface area contributed by atoms with Gasteiger partial charge in [-0.3, -0.25) is 14.6 Å². The van der Waals surface area contributed by atoms with Crippen LogP contribution in [0.3, 0.4) is 0 Å². The summed E-state index contributed by atoms with van der Waals surface area (Å²) in [5, 5.41) is 13.6. The Hall–Kier alpha value is -2.52. The zero-order valence-corrected chi connectivity index (χ0v) is 20.7. The van der Waals surface area contributed by atoms with Crippen LogP contribution in [0.5, 0.6) is 5.75 Å². The van der Waals surface area contributed by atoms with E-state index < -0.39 is 0 Å². The van der Waals surface area contributed by atoms with E-state index in [-0.39, 0.29) is 23.1 Å². The van der Waals surface area contributed by atoms with Crippen LogP contribution in [0.15, 0.2) is 34.3 Å². The van der Waals surface area contributed by atoms with Crippen molar-refractivity contribution < 1.29 is 14.3 Å². The minimum Gasteiger partial charge on any atom is -0.496 e. The van der Waals surface area contributed by atoms with E-state index in [4.69, 9.17) is 9.84 Å². The quantitative estimate of drug-likeness (QED) is 0.669. The molecule has 1 aliphatic carbocycles. The number of thioether (sulfide) groups is 1. The molecule has 3 aliphatic heterocycles. The number of carbonyl (C=O) groups excluding carboxylic acids is 2. The minimum absolute atomic E-state index is 0.0457. The summed E-state index contributed by atoms with van der Waals surface area (Å²) >= 11 is 1.61. The molecular weight excluding hydrogens is 450 g/mol. The third-order valence-corrected chi connectivity index (χ3v) is 8.49. The van der Waals surface area contributed by atoms with Gasteiger partial charge in [0, 0.05) is 49.7 Å². The summed E-state index contributed by atoms with van der Waals surface area (Å²) in [4.78, 5) is 28.6. The molecule has 1 aromatic rings. The summed E-state index contributed by atoms with van der Waals surface area (Å²) in [6.45, 7) is 5.00. The summed E-state index contributed by atoms with van der Waals surface area (Å²) in [6.07, 6.45) is 8.25. The van der Waals surface area contributed by atoms with E-state index in [2.05, 4.69) is 28.6 Å². The maximum absolute atomic E-state index is 13.1. The monoisotopic (exact) mass is 483 g/mol. The van der Waals surface area contributed by atoms with Gasteiger partial charge in [0.05, 0.1) is 23.5 Å². The van der Waals surface area contributed by atoms with Gasteiger partial charge in [-0.25, -0.2) is 0 Å². The Morgan fingerprint density at radius 2 is 1.94 bits per heavy atom. The molecule has 1 saturated carbocycles. The van der Waals surface area contributed by atoms with Crippen LogP contribution in [0.25, 0.3) is 0 Å². The lowest BCUT2D eigenvalue weighted by Gasteiger charge is -2.34. The van der Waals surface area contributed by atoms with Crippen molar-refractivity contribution in [2.45, 2.75) is 50.4 Å². The molecule has 3 heterocycles. The van der Waals surface area contributed by atoms with Gasteiger partial charge in [-0.05, 0) is 31.9 Å². The molecule has 9 heteroatoms. The normalized spacial score (nSPS) is 25.0. The lowest BCUT2D eigenvalue weighted by Crippen LogP contribution is -2.46. The van der Waals surface area contributed by atoms with Gasteiger partial charge in [-0.2, -0.15) is 5.10 Å². The SMILES string of the molecule is COc1cc(NC(=O)C2=C[C@@H]3C(C)=NN(C4CCCCC4)C3S2)ccc1C(=O)N1CCNCC1. The number of rotatable bonds is 5. The molecule has 2 N–H and O–H groups in total. The number of hydrogen-bond acceptors (Lipinski definition) is 7. The van der Waals surface area contributed by atoms with E-state index in [1.54, 1.807) is 37.1 Å². The maximum atomic E-state index is 13.1. The summed E-state index contributed by atoms with van der Waals surface area (Å²) in [7, 11) is 1.55. The number of carbonyl (C=O) groups is 2. The molecule has 1 saturated heterocycles. The van der Waals surface area contributed by atoms with Crippen molar-refractivity contribution in [1.29, 1.82) is 0 Å². The molecule has 0 spiro atoms. The first-order valence-corrected chi connectivity index (χ1v) is 13.1. The van der Waals surface area contributed by atoms with Crippen LogP contribution in [0.4, 0.5) is 5.69 Å². The molecule has 0 radical (unpaired) electrons. The van der Waals surface area contributed by atoms with Crippen molar-refractivity contribution in [2.24, 2.45) is 11.0 Å². The van der Waals surface area contributed by atoms with Gasteiger partial charge in [0.15, 0.2) is 0 Å². The van der Waals surface area contributed by atoms with Crippen LogP contribution < -0.4 is 15.4 Å². The van der Waals surface area contributed by atoms with Crippen molar-refractivity contribution in [3.05, 3.63) is 34.7 Å². The number of piperazine rings is 1. The van der Waals surface area contributed by atoms with Crippen molar-refractivity contribution >= 4 is 35.0 Å². The first-order chi connectivity index (χ1) is 16.5. The number of ether oxygens (including phenoxy) is 1. The number of anilines is 1. The number of hydrazone groups is 1. The number of hydrogen-bond donors (Lipinski definition) is 2. The predicted octanol–water partition coefficient (Wildman–Crippen LogP) is 3.28. The minimum atomic E-state index is -0.126. The number of fused-ring (bicyclic) bond motifs is 1. The summed E-state index contributed by atoms with van der Waals surface area (Å²) < 4.78 is 5.50. The van der Waals surface area contributed by atoms with Crippen LogP contribution in [-0.4, -0.2) is 72.1 Å². The van der Waals surface area contributed by atoms with Gasteiger partial charge in [0.2, 0.25) is 0 Å². The predicted molar refractivity (Wildman–Crippen MR) is 135 cm³/mol. The van der Waals surface area contributed by atoms with Crippen LogP contribution in [0.1, 0.15) is 49.4 Å². The zero-order chi connectivity index (χ0) is 23.7. The fraction of sp³-hybridized carbons (Fsp3) is 0.560. The Morgan fingerprint density at radius 1 is 1.18 bits per heavy atom. The standard InChI is InChI=1S/C25H33N5O3S/c1-16-20-15-22(34-25(20)30(28-16)18-6-4-3-5-7-18)23(31)27-17-8-9-19(21(14-17)33-2)24(32)29-12-10-26-11-13-29/h8-9,14-15,18,20,25-26H,3-7,10-13H2,1-2H3,(H,27,31)/t20-,25?/m1/s1. The third kappa shape index (κ3) is 4.55. The van der Waals surface area contributed by atoms with E-state index in [1.807, 2.05) is 4.90 Å². The third-order valence-electron chi connectivity index (χ3n) is 7.17. The Labute approximate surface area is 205 Å². The van der Waals surface area contributed by atoms with Gasteiger partial charge in [0.25, 0.3) is 11.8 Å². The number of benzene rings is 1. The second-order valence-corrected chi connectivity index (χ2v) is 10.5. The highest BCUT2D eigenvalue weighted by molar-refractivity contribution is 8.04. The Balaban J connectivity index is 1.26. The summed E-state index contributed by atoms with van der Waals surface area (Å²) in [5.41, 5.74) is 2.22. The topological polar surface area (TPSA) is 86.3 Å². The molecule has 1 unspecified atom stereocenters. The molecule has 182 valence electrons. The Morgan fingerprint density at radius 3 is 2.68 bits per heavy atom. The van der Waals surface area contributed by atoms with E-state index in [9.17, 15) is 9.59 Å². The Bertz CT molecular complexity index is 1010. The van der Waals surface area contributed by atoms with Crippen LogP contribution in [-0.2, 0) is 4.79 Å². The molecule has 0 bridgehead atoms. The second kappa shape index (κ2) is 10.00. The van der Waals surface area contributed by atoms with Gasteiger partial charge < -0.3 is 20.3 Å². The average molecular weight is 484 g/mol. The fourth-order valence-corrected chi connectivity index (χ4v) is 6.67. The molecule has 2 amide bonds. The van der Waals surface area contributed by atoms with Gasteiger partial charge in [-0.15, -0.1) is 0 Å². The van der Waals surface area contributed by atoms with Crippen LogP contribution in [0.2, 0.25) is 0 Å². The van der Waals surface area contributed by atoms with Crippen LogP contribution >= 0.6 is 11.8 Å². The molecule has 2 atom stereocenters.